The molecule has 0 spiro atoms. The number of para-hydroxylation sites is 2. The van der Waals surface area contributed by atoms with E-state index in [9.17, 15) is 0 Å². The first-order valence-corrected chi connectivity index (χ1v) is 8.20. The highest BCUT2D eigenvalue weighted by molar-refractivity contribution is 6.05. The Kier molecular flexibility index (Phi) is 3.42. The number of furan rings is 1. The van der Waals surface area contributed by atoms with E-state index in [1.54, 1.807) is 0 Å². The number of hydrogen-bond donors (Lipinski definition) is 0. The van der Waals surface area contributed by atoms with Crippen LogP contribution in [0.5, 0.6) is 0 Å². The molecule has 3 aromatic carbocycles. The van der Waals surface area contributed by atoms with Crippen LogP contribution in [0.2, 0.25) is 0 Å². The van der Waals surface area contributed by atoms with E-state index in [2.05, 4.69) is 68.4 Å². The first-order valence-electron chi connectivity index (χ1n) is 8.20. The van der Waals surface area contributed by atoms with E-state index in [1.807, 2.05) is 12.1 Å². The maximum atomic E-state index is 6.12. The standard InChI is InChI=1S/C22H20O/c1-15(2)17-12-10-16(11-13-17)14-18-6-5-8-20-19-7-3-4-9-21(19)23-22(18)20/h3-13,15H,14H2,1-2H3. The summed E-state index contributed by atoms with van der Waals surface area (Å²) < 4.78 is 6.12. The largest absolute Gasteiger partial charge is 0.456 e. The Morgan fingerprint density at radius 2 is 1.52 bits per heavy atom. The van der Waals surface area contributed by atoms with Gasteiger partial charge in [-0.3, -0.25) is 0 Å². The zero-order valence-electron chi connectivity index (χ0n) is 13.5. The van der Waals surface area contributed by atoms with Crippen LogP contribution in [0.15, 0.2) is 71.1 Å². The second-order valence-corrected chi connectivity index (χ2v) is 6.47. The van der Waals surface area contributed by atoms with Crippen LogP contribution in [0.3, 0.4) is 0 Å². The molecule has 1 heterocycles. The summed E-state index contributed by atoms with van der Waals surface area (Å²) in [5, 5.41) is 2.40. The molecule has 114 valence electrons. The summed E-state index contributed by atoms with van der Waals surface area (Å²) in [6.45, 7) is 4.45. The number of rotatable bonds is 3. The summed E-state index contributed by atoms with van der Waals surface area (Å²) in [6.07, 6.45) is 0.898. The molecule has 0 atom stereocenters. The molecule has 0 aliphatic heterocycles. The van der Waals surface area contributed by atoms with Crippen LogP contribution >= 0.6 is 0 Å². The van der Waals surface area contributed by atoms with Crippen molar-refractivity contribution in [3.8, 4) is 0 Å². The van der Waals surface area contributed by atoms with Crippen molar-refractivity contribution in [3.05, 3.63) is 83.4 Å². The summed E-state index contributed by atoms with van der Waals surface area (Å²) >= 11 is 0. The third-order valence-electron chi connectivity index (χ3n) is 4.53. The van der Waals surface area contributed by atoms with Gasteiger partial charge in [-0.2, -0.15) is 0 Å². The van der Waals surface area contributed by atoms with Crippen molar-refractivity contribution >= 4 is 21.9 Å². The molecule has 0 aliphatic carbocycles. The van der Waals surface area contributed by atoms with Crippen molar-refractivity contribution in [2.45, 2.75) is 26.2 Å². The third kappa shape index (κ3) is 2.53. The molecule has 1 aromatic heterocycles. The zero-order valence-corrected chi connectivity index (χ0v) is 13.5. The SMILES string of the molecule is CC(C)c1ccc(Cc2cccc3c2oc2ccccc23)cc1. The molecule has 0 N–H and O–H groups in total. The summed E-state index contributed by atoms with van der Waals surface area (Å²) in [7, 11) is 0. The fourth-order valence-electron chi connectivity index (χ4n) is 3.19. The van der Waals surface area contributed by atoms with Crippen LogP contribution < -0.4 is 0 Å². The molecule has 0 amide bonds. The predicted molar refractivity (Wildman–Crippen MR) is 97.1 cm³/mol. The number of benzene rings is 3. The minimum absolute atomic E-state index is 0.572. The van der Waals surface area contributed by atoms with Crippen molar-refractivity contribution in [2.75, 3.05) is 0 Å². The Labute approximate surface area is 136 Å². The van der Waals surface area contributed by atoms with Gasteiger partial charge in [0.25, 0.3) is 0 Å². The fourth-order valence-corrected chi connectivity index (χ4v) is 3.19. The van der Waals surface area contributed by atoms with Crippen molar-refractivity contribution in [3.63, 3.8) is 0 Å². The third-order valence-corrected chi connectivity index (χ3v) is 4.53. The van der Waals surface area contributed by atoms with Crippen LogP contribution in [-0.2, 0) is 6.42 Å². The van der Waals surface area contributed by atoms with E-state index in [4.69, 9.17) is 4.42 Å². The van der Waals surface area contributed by atoms with Gasteiger partial charge in [0.2, 0.25) is 0 Å². The zero-order chi connectivity index (χ0) is 15.8. The Balaban J connectivity index is 1.76. The molecule has 0 fully saturated rings. The van der Waals surface area contributed by atoms with E-state index in [0.717, 1.165) is 17.6 Å². The molecule has 4 rings (SSSR count). The molecule has 0 radical (unpaired) electrons. The van der Waals surface area contributed by atoms with Gasteiger partial charge in [0.1, 0.15) is 11.2 Å². The van der Waals surface area contributed by atoms with Crippen LogP contribution in [0, 0.1) is 0 Å². The Morgan fingerprint density at radius 1 is 0.783 bits per heavy atom. The summed E-state index contributed by atoms with van der Waals surface area (Å²) in [6, 6.07) is 23.6. The number of hydrogen-bond acceptors (Lipinski definition) is 1. The first-order chi connectivity index (χ1) is 11.2. The van der Waals surface area contributed by atoms with Crippen LogP contribution in [0.25, 0.3) is 21.9 Å². The smallest absolute Gasteiger partial charge is 0.138 e. The highest BCUT2D eigenvalue weighted by Gasteiger charge is 2.10. The van der Waals surface area contributed by atoms with Gasteiger partial charge < -0.3 is 4.42 Å². The van der Waals surface area contributed by atoms with E-state index in [0.29, 0.717) is 5.92 Å². The average Bonchev–Trinajstić information content (AvgIpc) is 2.95. The topological polar surface area (TPSA) is 13.1 Å². The molecule has 1 heteroatoms. The molecule has 1 nitrogen and oxygen atoms in total. The van der Waals surface area contributed by atoms with Gasteiger partial charge in [-0.1, -0.05) is 74.5 Å². The predicted octanol–water partition coefficient (Wildman–Crippen LogP) is 6.30. The lowest BCUT2D eigenvalue weighted by Gasteiger charge is -2.07. The Bertz CT molecular complexity index is 958. The maximum absolute atomic E-state index is 6.12. The van der Waals surface area contributed by atoms with Gasteiger partial charge in [-0.15, -0.1) is 0 Å². The molecule has 0 saturated heterocycles. The normalized spacial score (nSPS) is 11.6. The quantitative estimate of drug-likeness (QED) is 0.432. The Morgan fingerprint density at radius 3 is 2.30 bits per heavy atom. The molecule has 0 unspecified atom stereocenters. The molecule has 0 saturated carbocycles. The van der Waals surface area contributed by atoms with E-state index < -0.39 is 0 Å². The van der Waals surface area contributed by atoms with E-state index in [1.165, 1.54) is 27.5 Å². The highest BCUT2D eigenvalue weighted by atomic mass is 16.3. The Hall–Kier alpha value is -2.54. The lowest BCUT2D eigenvalue weighted by Crippen LogP contribution is -1.91. The minimum Gasteiger partial charge on any atom is -0.456 e. The van der Waals surface area contributed by atoms with E-state index >= 15 is 0 Å². The summed E-state index contributed by atoms with van der Waals surface area (Å²) in [4.78, 5) is 0. The molecule has 23 heavy (non-hydrogen) atoms. The second kappa shape index (κ2) is 5.58. The lowest BCUT2D eigenvalue weighted by atomic mass is 9.98. The monoisotopic (exact) mass is 300 g/mol. The van der Waals surface area contributed by atoms with Crippen LogP contribution in [0.4, 0.5) is 0 Å². The highest BCUT2D eigenvalue weighted by Crippen LogP contribution is 2.31. The van der Waals surface area contributed by atoms with Crippen LogP contribution in [-0.4, -0.2) is 0 Å². The summed E-state index contributed by atoms with van der Waals surface area (Å²) in [5.74, 6) is 0.572. The van der Waals surface area contributed by atoms with Crippen molar-refractivity contribution in [2.24, 2.45) is 0 Å². The van der Waals surface area contributed by atoms with E-state index in [-0.39, 0.29) is 0 Å². The van der Waals surface area contributed by atoms with Gasteiger partial charge >= 0.3 is 0 Å². The summed E-state index contributed by atoms with van der Waals surface area (Å²) in [5.41, 5.74) is 5.93. The van der Waals surface area contributed by atoms with Crippen molar-refractivity contribution < 1.29 is 4.42 Å². The van der Waals surface area contributed by atoms with Crippen molar-refractivity contribution in [1.29, 1.82) is 0 Å². The van der Waals surface area contributed by atoms with Gasteiger partial charge in [0, 0.05) is 17.2 Å². The second-order valence-electron chi connectivity index (χ2n) is 6.47. The minimum atomic E-state index is 0.572. The molecule has 0 aliphatic rings. The number of fused-ring (bicyclic) bond motifs is 3. The van der Waals surface area contributed by atoms with Gasteiger partial charge in [0.15, 0.2) is 0 Å². The fraction of sp³-hybridized carbons (Fsp3) is 0.182. The van der Waals surface area contributed by atoms with Crippen molar-refractivity contribution in [1.82, 2.24) is 0 Å². The lowest BCUT2D eigenvalue weighted by molar-refractivity contribution is 0.664. The first kappa shape index (κ1) is 14.1. The molecular weight excluding hydrogens is 280 g/mol. The van der Waals surface area contributed by atoms with Gasteiger partial charge in [-0.05, 0) is 28.7 Å². The average molecular weight is 300 g/mol. The van der Waals surface area contributed by atoms with Gasteiger partial charge in [0.05, 0.1) is 0 Å². The maximum Gasteiger partial charge on any atom is 0.138 e. The molecular formula is C22H20O. The molecule has 0 bridgehead atoms. The molecule has 4 aromatic rings. The van der Waals surface area contributed by atoms with Gasteiger partial charge in [-0.25, -0.2) is 0 Å². The van der Waals surface area contributed by atoms with Crippen LogP contribution in [0.1, 0.15) is 36.5 Å².